The van der Waals surface area contributed by atoms with E-state index in [1.165, 1.54) is 0 Å². The number of aryl methyl sites for hydroxylation is 1. The number of carboxylic acids is 1. The molecule has 1 aromatic carbocycles. The largest absolute Gasteiger partial charge is 0.476 e. The zero-order valence-electron chi connectivity index (χ0n) is 10.8. The van der Waals surface area contributed by atoms with Crippen LogP contribution in [0.2, 0.25) is 0 Å². The first-order valence-electron chi connectivity index (χ1n) is 6.26. The van der Waals surface area contributed by atoms with Crippen LogP contribution in [0.1, 0.15) is 40.9 Å². The minimum absolute atomic E-state index is 0.0793. The second-order valence-electron chi connectivity index (χ2n) is 4.24. The third-order valence-electron chi connectivity index (χ3n) is 2.71. The van der Waals surface area contributed by atoms with Crippen molar-refractivity contribution in [3.63, 3.8) is 0 Å². The van der Waals surface area contributed by atoms with Gasteiger partial charge in [-0.1, -0.05) is 43.3 Å². The van der Waals surface area contributed by atoms with Gasteiger partial charge in [0.1, 0.15) is 5.82 Å². The Morgan fingerprint density at radius 1 is 1.32 bits per heavy atom. The number of nitrogens with one attached hydrogen (secondary N) is 1. The highest BCUT2D eigenvalue weighted by Gasteiger charge is 2.14. The molecule has 2 rings (SSSR count). The van der Waals surface area contributed by atoms with Gasteiger partial charge in [-0.3, -0.25) is 0 Å². The number of aromatic amines is 1. The van der Waals surface area contributed by atoms with Crippen LogP contribution < -0.4 is 0 Å². The number of carbonyl (C=O) groups is 1. The van der Waals surface area contributed by atoms with Crippen LogP contribution in [0, 0.1) is 0 Å². The molecule has 4 heteroatoms. The second-order valence-corrected chi connectivity index (χ2v) is 4.24. The fraction of sp³-hybridized carbons (Fsp3) is 0.200. The number of nitrogens with zero attached hydrogens (tertiary/aromatic N) is 1. The maximum absolute atomic E-state index is 11.1. The first-order valence-corrected chi connectivity index (χ1v) is 6.26. The van der Waals surface area contributed by atoms with Crippen LogP contribution in [0.25, 0.3) is 12.2 Å². The predicted octanol–water partition coefficient (Wildman–Crippen LogP) is 3.23. The molecule has 1 heterocycles. The summed E-state index contributed by atoms with van der Waals surface area (Å²) in [6.07, 6.45) is 5.30. The average molecular weight is 256 g/mol. The molecule has 98 valence electrons. The number of hydrogen-bond donors (Lipinski definition) is 2. The summed E-state index contributed by atoms with van der Waals surface area (Å²) in [6, 6.07) is 9.73. The van der Waals surface area contributed by atoms with Crippen LogP contribution in [0.5, 0.6) is 0 Å². The topological polar surface area (TPSA) is 66.0 Å². The Morgan fingerprint density at radius 3 is 2.68 bits per heavy atom. The third kappa shape index (κ3) is 3.31. The molecule has 0 amide bonds. The quantitative estimate of drug-likeness (QED) is 0.863. The van der Waals surface area contributed by atoms with E-state index in [9.17, 15) is 4.79 Å². The van der Waals surface area contributed by atoms with Crippen LogP contribution in [0.15, 0.2) is 30.3 Å². The summed E-state index contributed by atoms with van der Waals surface area (Å²) in [6.45, 7) is 2.03. The molecule has 0 spiro atoms. The van der Waals surface area contributed by atoms with Crippen LogP contribution in [0.4, 0.5) is 0 Å². The number of aromatic nitrogens is 2. The Bertz CT molecular complexity index is 585. The minimum atomic E-state index is -1.01. The van der Waals surface area contributed by atoms with E-state index in [0.717, 1.165) is 18.4 Å². The molecule has 0 aliphatic heterocycles. The molecule has 0 bridgehead atoms. The number of carboxylic acid groups (broad SMARTS) is 1. The van der Waals surface area contributed by atoms with Crippen LogP contribution in [-0.2, 0) is 6.42 Å². The molecule has 0 aliphatic carbocycles. The van der Waals surface area contributed by atoms with Gasteiger partial charge in [0, 0.05) is 6.42 Å². The van der Waals surface area contributed by atoms with E-state index in [-0.39, 0.29) is 5.69 Å². The second kappa shape index (κ2) is 6.00. The normalized spacial score (nSPS) is 11.0. The van der Waals surface area contributed by atoms with Gasteiger partial charge in [0.15, 0.2) is 5.69 Å². The van der Waals surface area contributed by atoms with Gasteiger partial charge in [-0.2, -0.15) is 0 Å². The molecule has 0 aliphatic rings. The zero-order chi connectivity index (χ0) is 13.7. The molecule has 0 fully saturated rings. The smallest absolute Gasteiger partial charge is 0.356 e. The molecule has 0 saturated heterocycles. The first kappa shape index (κ1) is 13.1. The van der Waals surface area contributed by atoms with Gasteiger partial charge in [-0.25, -0.2) is 9.78 Å². The predicted molar refractivity (Wildman–Crippen MR) is 74.9 cm³/mol. The van der Waals surface area contributed by atoms with E-state index >= 15 is 0 Å². The summed E-state index contributed by atoms with van der Waals surface area (Å²) >= 11 is 0. The molecule has 0 unspecified atom stereocenters. The molecule has 2 aromatic rings. The summed E-state index contributed by atoms with van der Waals surface area (Å²) < 4.78 is 0. The highest BCUT2D eigenvalue weighted by molar-refractivity contribution is 5.90. The molecule has 1 aromatic heterocycles. The third-order valence-corrected chi connectivity index (χ3v) is 2.71. The summed E-state index contributed by atoms with van der Waals surface area (Å²) in [4.78, 5) is 18.3. The van der Waals surface area contributed by atoms with Crippen molar-refractivity contribution in [1.82, 2.24) is 9.97 Å². The van der Waals surface area contributed by atoms with Crippen molar-refractivity contribution in [3.05, 3.63) is 53.1 Å². The zero-order valence-corrected chi connectivity index (χ0v) is 10.8. The van der Waals surface area contributed by atoms with E-state index in [4.69, 9.17) is 5.11 Å². The van der Waals surface area contributed by atoms with E-state index in [1.54, 1.807) is 6.08 Å². The molecule has 4 nitrogen and oxygen atoms in total. The van der Waals surface area contributed by atoms with Gasteiger partial charge < -0.3 is 10.1 Å². The SMILES string of the molecule is CCCc1nc(C(=O)O)c(C=Cc2ccccc2)[nH]1. The highest BCUT2D eigenvalue weighted by Crippen LogP contribution is 2.12. The molecule has 0 atom stereocenters. The Balaban J connectivity index is 2.28. The van der Waals surface area contributed by atoms with Crippen molar-refractivity contribution in [3.8, 4) is 0 Å². The highest BCUT2D eigenvalue weighted by atomic mass is 16.4. The van der Waals surface area contributed by atoms with Gasteiger partial charge in [0.2, 0.25) is 0 Å². The van der Waals surface area contributed by atoms with Crippen molar-refractivity contribution in [2.24, 2.45) is 0 Å². The lowest BCUT2D eigenvalue weighted by molar-refractivity contribution is 0.0690. The van der Waals surface area contributed by atoms with Gasteiger partial charge in [0.25, 0.3) is 0 Å². The Morgan fingerprint density at radius 2 is 2.05 bits per heavy atom. The van der Waals surface area contributed by atoms with Crippen molar-refractivity contribution in [2.75, 3.05) is 0 Å². The first-order chi connectivity index (χ1) is 9.20. The summed E-state index contributed by atoms with van der Waals surface area (Å²) in [5.74, 6) is -0.293. The van der Waals surface area contributed by atoms with Gasteiger partial charge in [-0.15, -0.1) is 0 Å². The van der Waals surface area contributed by atoms with Gasteiger partial charge in [0.05, 0.1) is 5.69 Å². The fourth-order valence-electron chi connectivity index (χ4n) is 1.82. The Labute approximate surface area is 111 Å². The maximum Gasteiger partial charge on any atom is 0.356 e. The summed E-state index contributed by atoms with van der Waals surface area (Å²) in [5.41, 5.74) is 1.64. The lowest BCUT2D eigenvalue weighted by atomic mass is 10.2. The molecular weight excluding hydrogens is 240 g/mol. The van der Waals surface area contributed by atoms with Crippen LogP contribution in [0.3, 0.4) is 0 Å². The minimum Gasteiger partial charge on any atom is -0.476 e. The monoisotopic (exact) mass is 256 g/mol. The number of H-pyrrole nitrogens is 1. The number of hydrogen-bond acceptors (Lipinski definition) is 2. The number of aromatic carboxylic acids is 1. The fourth-order valence-corrected chi connectivity index (χ4v) is 1.82. The Hall–Kier alpha value is -2.36. The lowest BCUT2D eigenvalue weighted by Gasteiger charge is -1.92. The summed E-state index contributed by atoms with van der Waals surface area (Å²) in [5, 5.41) is 9.13. The standard InChI is InChI=1S/C15H16N2O2/c1-2-6-13-16-12(14(17-13)15(18)19)10-9-11-7-4-3-5-8-11/h3-5,7-10H,2,6H2,1H3,(H,16,17)(H,18,19). The van der Waals surface area contributed by atoms with E-state index in [0.29, 0.717) is 11.5 Å². The summed E-state index contributed by atoms with van der Waals surface area (Å²) in [7, 11) is 0. The number of rotatable bonds is 5. The molecule has 2 N–H and O–H groups in total. The van der Waals surface area contributed by atoms with Gasteiger partial charge >= 0.3 is 5.97 Å². The Kier molecular flexibility index (Phi) is 4.13. The molecule has 0 radical (unpaired) electrons. The average Bonchev–Trinajstić information content (AvgIpc) is 2.81. The van der Waals surface area contributed by atoms with Crippen LogP contribution in [-0.4, -0.2) is 21.0 Å². The van der Waals surface area contributed by atoms with E-state index < -0.39 is 5.97 Å². The number of benzene rings is 1. The molecule has 19 heavy (non-hydrogen) atoms. The maximum atomic E-state index is 11.1. The van der Waals surface area contributed by atoms with Crippen molar-refractivity contribution in [2.45, 2.75) is 19.8 Å². The van der Waals surface area contributed by atoms with E-state index in [2.05, 4.69) is 9.97 Å². The molecular formula is C15H16N2O2. The van der Waals surface area contributed by atoms with Crippen molar-refractivity contribution < 1.29 is 9.90 Å². The lowest BCUT2D eigenvalue weighted by Crippen LogP contribution is -1.99. The van der Waals surface area contributed by atoms with Crippen molar-refractivity contribution >= 4 is 18.1 Å². The number of imidazole rings is 1. The van der Waals surface area contributed by atoms with Gasteiger partial charge in [-0.05, 0) is 18.1 Å². The van der Waals surface area contributed by atoms with Crippen LogP contribution >= 0.6 is 0 Å². The van der Waals surface area contributed by atoms with E-state index in [1.807, 2.05) is 43.3 Å². The van der Waals surface area contributed by atoms with Crippen molar-refractivity contribution in [1.29, 1.82) is 0 Å². The molecule has 0 saturated carbocycles.